The van der Waals surface area contributed by atoms with Gasteiger partial charge in [-0.25, -0.2) is 4.98 Å². The van der Waals surface area contributed by atoms with Crippen molar-refractivity contribution in [1.82, 2.24) is 9.88 Å². The van der Waals surface area contributed by atoms with Gasteiger partial charge in [0, 0.05) is 17.8 Å². The molecule has 1 saturated heterocycles. The monoisotopic (exact) mass is 250 g/mol. The van der Waals surface area contributed by atoms with Crippen LogP contribution in [-0.4, -0.2) is 34.7 Å². The van der Waals surface area contributed by atoms with Gasteiger partial charge in [0.05, 0.1) is 23.7 Å². The Labute approximate surface area is 104 Å². The maximum atomic E-state index is 11.4. The first kappa shape index (κ1) is 10.9. The Balaban J connectivity index is 1.60. The molecule has 0 aromatic carbocycles. The lowest BCUT2D eigenvalue weighted by atomic mass is 10.3. The quantitative estimate of drug-likeness (QED) is 0.751. The molecular formula is C12H14N2O2S. The lowest BCUT2D eigenvalue weighted by Gasteiger charge is -2.12. The van der Waals surface area contributed by atoms with Gasteiger partial charge in [-0.1, -0.05) is 0 Å². The molecule has 0 N–H and O–H groups in total. The molecule has 0 saturated carbocycles. The molecular weight excluding hydrogens is 236 g/mol. The number of thiazole rings is 1. The average molecular weight is 250 g/mol. The number of hydrogen-bond acceptors (Lipinski definition) is 4. The number of likely N-dealkylation sites (tertiary alicyclic amines) is 1. The fraction of sp³-hybridized carbons (Fsp3) is 0.583. The van der Waals surface area contributed by atoms with Crippen LogP contribution in [0.3, 0.4) is 0 Å². The molecule has 2 heterocycles. The normalized spacial score (nSPS) is 19.2. The summed E-state index contributed by atoms with van der Waals surface area (Å²) in [6, 6.07) is 0. The Morgan fingerprint density at radius 1 is 1.29 bits per heavy atom. The molecule has 4 nitrogen and oxygen atoms in total. The summed E-state index contributed by atoms with van der Waals surface area (Å²) in [7, 11) is 0. The second-order valence-electron chi connectivity index (χ2n) is 4.61. The highest BCUT2D eigenvalue weighted by Gasteiger charge is 2.27. The molecule has 0 radical (unpaired) electrons. The van der Waals surface area contributed by atoms with Crippen molar-refractivity contribution in [2.24, 2.45) is 0 Å². The SMILES string of the molecule is O=C1CC(=O)N(CCc2nc3c(s2)CCC3)C1. The summed E-state index contributed by atoms with van der Waals surface area (Å²) < 4.78 is 0. The third-order valence-electron chi connectivity index (χ3n) is 3.30. The van der Waals surface area contributed by atoms with Crippen molar-refractivity contribution in [1.29, 1.82) is 0 Å². The van der Waals surface area contributed by atoms with Crippen LogP contribution < -0.4 is 0 Å². The lowest BCUT2D eigenvalue weighted by Crippen LogP contribution is -2.27. The first-order valence-corrected chi connectivity index (χ1v) is 6.81. The number of nitrogens with zero attached hydrogens (tertiary/aromatic N) is 2. The van der Waals surface area contributed by atoms with Crippen LogP contribution in [0, 0.1) is 0 Å². The zero-order valence-corrected chi connectivity index (χ0v) is 10.4. The molecule has 0 unspecified atom stereocenters. The first-order chi connectivity index (χ1) is 8.22. The molecule has 1 amide bonds. The topological polar surface area (TPSA) is 50.3 Å². The Bertz CT molecular complexity index is 459. The van der Waals surface area contributed by atoms with Gasteiger partial charge in [-0.05, 0) is 19.3 Å². The predicted molar refractivity (Wildman–Crippen MR) is 64.0 cm³/mol. The maximum Gasteiger partial charge on any atom is 0.230 e. The van der Waals surface area contributed by atoms with Crippen molar-refractivity contribution in [2.45, 2.75) is 32.1 Å². The molecule has 90 valence electrons. The van der Waals surface area contributed by atoms with Crippen LogP contribution in [0.25, 0.3) is 0 Å². The van der Waals surface area contributed by atoms with Crippen LogP contribution in [0.2, 0.25) is 0 Å². The van der Waals surface area contributed by atoms with Crippen molar-refractivity contribution in [2.75, 3.05) is 13.1 Å². The van der Waals surface area contributed by atoms with Crippen LogP contribution in [-0.2, 0) is 28.9 Å². The van der Waals surface area contributed by atoms with E-state index in [1.807, 2.05) is 0 Å². The summed E-state index contributed by atoms with van der Waals surface area (Å²) in [6.07, 6.45) is 4.37. The van der Waals surface area contributed by atoms with E-state index in [9.17, 15) is 9.59 Å². The van der Waals surface area contributed by atoms with Gasteiger partial charge in [0.1, 0.15) is 0 Å². The molecule has 1 aliphatic carbocycles. The van der Waals surface area contributed by atoms with Gasteiger partial charge in [0.25, 0.3) is 0 Å². The fourth-order valence-corrected chi connectivity index (χ4v) is 3.57. The Morgan fingerprint density at radius 3 is 2.88 bits per heavy atom. The lowest BCUT2D eigenvalue weighted by molar-refractivity contribution is -0.127. The summed E-state index contributed by atoms with van der Waals surface area (Å²) in [5.74, 6) is 0.00994. The highest BCUT2D eigenvalue weighted by molar-refractivity contribution is 7.11. The molecule has 1 aliphatic heterocycles. The number of hydrogen-bond donors (Lipinski definition) is 0. The highest BCUT2D eigenvalue weighted by atomic mass is 32.1. The van der Waals surface area contributed by atoms with E-state index < -0.39 is 0 Å². The van der Waals surface area contributed by atoms with Crippen molar-refractivity contribution in [3.8, 4) is 0 Å². The number of amides is 1. The molecule has 17 heavy (non-hydrogen) atoms. The summed E-state index contributed by atoms with van der Waals surface area (Å²) in [5.41, 5.74) is 1.26. The number of rotatable bonds is 3. The van der Waals surface area contributed by atoms with Crippen molar-refractivity contribution in [3.63, 3.8) is 0 Å². The van der Waals surface area contributed by atoms with E-state index in [0.29, 0.717) is 13.1 Å². The van der Waals surface area contributed by atoms with Crippen LogP contribution >= 0.6 is 11.3 Å². The predicted octanol–water partition coefficient (Wildman–Crippen LogP) is 0.976. The van der Waals surface area contributed by atoms with Gasteiger partial charge in [0.15, 0.2) is 5.78 Å². The molecule has 0 spiro atoms. The minimum absolute atomic E-state index is 0.0286. The molecule has 5 heteroatoms. The highest BCUT2D eigenvalue weighted by Crippen LogP contribution is 2.27. The Kier molecular flexibility index (Phi) is 2.70. The number of carbonyl (C=O) groups is 2. The minimum Gasteiger partial charge on any atom is -0.335 e. The third kappa shape index (κ3) is 2.11. The molecule has 2 aliphatic rings. The van der Waals surface area contributed by atoms with Crippen LogP contribution in [0.4, 0.5) is 0 Å². The van der Waals surface area contributed by atoms with Gasteiger partial charge in [-0.2, -0.15) is 0 Å². The van der Waals surface area contributed by atoms with Gasteiger partial charge < -0.3 is 4.90 Å². The van der Waals surface area contributed by atoms with E-state index in [0.717, 1.165) is 24.3 Å². The smallest absolute Gasteiger partial charge is 0.230 e. The van der Waals surface area contributed by atoms with E-state index in [-0.39, 0.29) is 18.1 Å². The molecule has 1 aromatic heterocycles. The van der Waals surface area contributed by atoms with E-state index in [2.05, 4.69) is 4.98 Å². The standard InChI is InChI=1S/C12H14N2O2S/c15-8-6-12(16)14(7-8)5-4-11-13-9-2-1-3-10(9)17-11/h1-7H2. The second-order valence-corrected chi connectivity index (χ2v) is 5.78. The number of fused-ring (bicyclic) bond motifs is 1. The number of ketones is 1. The van der Waals surface area contributed by atoms with Crippen LogP contribution in [0.1, 0.15) is 28.4 Å². The minimum atomic E-state index is -0.0286. The molecule has 0 bridgehead atoms. The van der Waals surface area contributed by atoms with E-state index in [1.54, 1.807) is 16.2 Å². The number of aromatic nitrogens is 1. The number of aryl methyl sites for hydroxylation is 2. The summed E-state index contributed by atoms with van der Waals surface area (Å²) in [5, 5.41) is 1.11. The molecule has 0 atom stereocenters. The fourth-order valence-electron chi connectivity index (χ4n) is 2.42. The Hall–Kier alpha value is -1.23. The average Bonchev–Trinajstić information content (AvgIpc) is 2.89. The first-order valence-electron chi connectivity index (χ1n) is 5.99. The zero-order valence-electron chi connectivity index (χ0n) is 9.57. The maximum absolute atomic E-state index is 11.4. The van der Waals surface area contributed by atoms with E-state index in [1.165, 1.54) is 17.0 Å². The van der Waals surface area contributed by atoms with Gasteiger partial charge in [0.2, 0.25) is 5.91 Å². The van der Waals surface area contributed by atoms with Gasteiger partial charge in [-0.3, -0.25) is 9.59 Å². The number of Topliss-reactive ketones (excluding diaryl/α,β-unsaturated/α-hetero) is 1. The second kappa shape index (κ2) is 4.22. The molecule has 1 aromatic rings. The van der Waals surface area contributed by atoms with Crippen molar-refractivity contribution in [3.05, 3.63) is 15.6 Å². The van der Waals surface area contributed by atoms with Crippen LogP contribution in [0.5, 0.6) is 0 Å². The molecule has 3 rings (SSSR count). The number of carbonyl (C=O) groups excluding carboxylic acids is 2. The van der Waals surface area contributed by atoms with Crippen LogP contribution in [0.15, 0.2) is 0 Å². The van der Waals surface area contributed by atoms with Crippen molar-refractivity contribution < 1.29 is 9.59 Å². The summed E-state index contributed by atoms with van der Waals surface area (Å²) in [6.45, 7) is 0.931. The van der Waals surface area contributed by atoms with Gasteiger partial charge in [-0.15, -0.1) is 11.3 Å². The summed E-state index contributed by atoms with van der Waals surface area (Å²) >= 11 is 1.77. The van der Waals surface area contributed by atoms with E-state index in [4.69, 9.17) is 0 Å². The molecule has 1 fully saturated rings. The summed E-state index contributed by atoms with van der Waals surface area (Å²) in [4.78, 5) is 30.2. The van der Waals surface area contributed by atoms with Gasteiger partial charge >= 0.3 is 0 Å². The zero-order chi connectivity index (χ0) is 11.8. The third-order valence-corrected chi connectivity index (χ3v) is 4.52. The van der Waals surface area contributed by atoms with Crippen molar-refractivity contribution >= 4 is 23.0 Å². The Morgan fingerprint density at radius 2 is 2.18 bits per heavy atom. The van der Waals surface area contributed by atoms with E-state index >= 15 is 0 Å². The largest absolute Gasteiger partial charge is 0.335 e.